The average Bonchev–Trinajstić information content (AvgIpc) is 2.56. The van der Waals surface area contributed by atoms with Crippen LogP contribution in [0.2, 0.25) is 0 Å². The Balaban J connectivity index is 1.76. The van der Waals surface area contributed by atoms with Gasteiger partial charge in [0.15, 0.2) is 0 Å². The van der Waals surface area contributed by atoms with E-state index >= 15 is 0 Å². The lowest BCUT2D eigenvalue weighted by atomic mass is 9.85. The summed E-state index contributed by atoms with van der Waals surface area (Å²) in [5.74, 6) is -0.124. The molecule has 1 aliphatic carbocycles. The molecule has 1 fully saturated rings. The van der Waals surface area contributed by atoms with Gasteiger partial charge < -0.3 is 15.2 Å². The molecule has 0 bridgehead atoms. The first-order valence-corrected chi connectivity index (χ1v) is 9.03. The molecule has 1 amide bonds. The van der Waals surface area contributed by atoms with Crippen LogP contribution in [0.15, 0.2) is 24.3 Å². The van der Waals surface area contributed by atoms with Crippen LogP contribution in [0, 0.1) is 0 Å². The molecule has 0 aromatic heterocycles. The van der Waals surface area contributed by atoms with Crippen LogP contribution in [-0.4, -0.2) is 53.7 Å². The number of carboxylic acid groups (broad SMARTS) is 1. The molecule has 0 aliphatic heterocycles. The molecule has 6 nitrogen and oxygen atoms in total. The third kappa shape index (κ3) is 5.74. The van der Waals surface area contributed by atoms with Gasteiger partial charge in [0.1, 0.15) is 5.75 Å². The Morgan fingerprint density at radius 3 is 2.48 bits per heavy atom. The van der Waals surface area contributed by atoms with Gasteiger partial charge >= 0.3 is 5.97 Å². The second-order valence-corrected chi connectivity index (χ2v) is 6.48. The maximum atomic E-state index is 12.3. The van der Waals surface area contributed by atoms with Crippen LogP contribution in [0.5, 0.6) is 5.75 Å². The number of aliphatic carboxylic acids is 1. The van der Waals surface area contributed by atoms with E-state index in [1.165, 1.54) is 0 Å². The van der Waals surface area contributed by atoms with Gasteiger partial charge in [-0.1, -0.05) is 20.3 Å². The van der Waals surface area contributed by atoms with Gasteiger partial charge in [-0.2, -0.15) is 0 Å². The number of carbonyl (C=O) groups excluding carboxylic acids is 1. The summed E-state index contributed by atoms with van der Waals surface area (Å²) in [4.78, 5) is 25.1. The Bertz CT molecular complexity index is 567. The van der Waals surface area contributed by atoms with E-state index < -0.39 is 5.97 Å². The van der Waals surface area contributed by atoms with E-state index in [9.17, 15) is 9.59 Å². The number of benzene rings is 1. The molecule has 0 unspecified atom stereocenters. The summed E-state index contributed by atoms with van der Waals surface area (Å²) in [6.45, 7) is 5.52. The Morgan fingerprint density at radius 2 is 1.92 bits per heavy atom. The molecule has 0 atom stereocenters. The van der Waals surface area contributed by atoms with Crippen molar-refractivity contribution < 1.29 is 19.4 Å². The monoisotopic (exact) mass is 348 g/mol. The van der Waals surface area contributed by atoms with E-state index in [-0.39, 0.29) is 24.5 Å². The molecule has 0 saturated heterocycles. The summed E-state index contributed by atoms with van der Waals surface area (Å²) in [5, 5.41) is 11.9. The quantitative estimate of drug-likeness (QED) is 0.635. The summed E-state index contributed by atoms with van der Waals surface area (Å²) >= 11 is 0. The zero-order valence-electron chi connectivity index (χ0n) is 15.0. The number of carbonyl (C=O) groups is 2. The smallest absolute Gasteiger partial charge is 0.317 e. The number of carboxylic acids is 1. The fourth-order valence-electron chi connectivity index (χ4n) is 2.98. The highest BCUT2D eigenvalue weighted by Crippen LogP contribution is 2.26. The number of likely N-dealkylation sites (N-methyl/N-ethyl adjacent to an activating group) is 1. The van der Waals surface area contributed by atoms with Crippen LogP contribution in [0.4, 0.5) is 0 Å². The van der Waals surface area contributed by atoms with Gasteiger partial charge in [-0.15, -0.1) is 0 Å². The summed E-state index contributed by atoms with van der Waals surface area (Å²) < 4.78 is 5.59. The first-order valence-electron chi connectivity index (χ1n) is 9.03. The third-order valence-electron chi connectivity index (χ3n) is 4.59. The second kappa shape index (κ2) is 9.42. The molecule has 0 heterocycles. The molecule has 25 heavy (non-hydrogen) atoms. The number of amides is 1. The predicted octanol–water partition coefficient (Wildman–Crippen LogP) is 2.53. The molecule has 138 valence electrons. The number of nitrogens with zero attached hydrogens (tertiary/aromatic N) is 1. The minimum Gasteiger partial charge on any atom is -0.494 e. The summed E-state index contributed by atoms with van der Waals surface area (Å²) in [6.07, 6.45) is 3.70. The molecule has 1 saturated carbocycles. The molecular formula is C19H28N2O4. The standard InChI is InChI=1S/C19H28N2O4/c1-3-5-10-25-17-8-6-14(7-9-17)19(24)20-15-11-16(12-15)21(4-2)13-18(22)23/h6-9,15-16H,3-5,10-13H2,1-2H3,(H,20,24)(H,22,23). The lowest BCUT2D eigenvalue weighted by Gasteiger charge is -2.42. The fraction of sp³-hybridized carbons (Fsp3) is 0.579. The maximum absolute atomic E-state index is 12.3. The van der Waals surface area contributed by atoms with Crippen LogP contribution >= 0.6 is 0 Å². The van der Waals surface area contributed by atoms with Gasteiger partial charge in [0.25, 0.3) is 5.91 Å². The van der Waals surface area contributed by atoms with Gasteiger partial charge in [-0.25, -0.2) is 0 Å². The summed E-state index contributed by atoms with van der Waals surface area (Å²) in [6, 6.07) is 7.53. The van der Waals surface area contributed by atoms with Crippen molar-refractivity contribution in [1.82, 2.24) is 10.2 Å². The van der Waals surface area contributed by atoms with Crippen molar-refractivity contribution in [3.63, 3.8) is 0 Å². The van der Waals surface area contributed by atoms with E-state index in [1.807, 2.05) is 24.0 Å². The molecule has 2 N–H and O–H groups in total. The maximum Gasteiger partial charge on any atom is 0.317 e. The van der Waals surface area contributed by atoms with Gasteiger partial charge in [0.2, 0.25) is 0 Å². The number of hydrogen-bond donors (Lipinski definition) is 2. The molecular weight excluding hydrogens is 320 g/mol. The normalized spacial score (nSPS) is 19.3. The van der Waals surface area contributed by atoms with E-state index in [0.29, 0.717) is 18.7 Å². The minimum absolute atomic E-state index is 0.0569. The van der Waals surface area contributed by atoms with Crippen molar-refractivity contribution in [3.8, 4) is 5.75 Å². The van der Waals surface area contributed by atoms with E-state index in [4.69, 9.17) is 9.84 Å². The highest BCUT2D eigenvalue weighted by molar-refractivity contribution is 5.94. The number of hydrogen-bond acceptors (Lipinski definition) is 4. The first-order chi connectivity index (χ1) is 12.0. The van der Waals surface area contributed by atoms with Crippen LogP contribution in [0.3, 0.4) is 0 Å². The Kier molecular flexibility index (Phi) is 7.25. The van der Waals surface area contributed by atoms with E-state index in [0.717, 1.165) is 31.4 Å². The van der Waals surface area contributed by atoms with Crippen LogP contribution < -0.4 is 10.1 Å². The highest BCUT2D eigenvalue weighted by Gasteiger charge is 2.34. The Labute approximate surface area is 149 Å². The molecule has 0 radical (unpaired) electrons. The highest BCUT2D eigenvalue weighted by atomic mass is 16.5. The van der Waals surface area contributed by atoms with Crippen molar-refractivity contribution in [3.05, 3.63) is 29.8 Å². The van der Waals surface area contributed by atoms with E-state index in [2.05, 4.69) is 12.2 Å². The molecule has 1 aliphatic rings. The first kappa shape index (κ1) is 19.2. The second-order valence-electron chi connectivity index (χ2n) is 6.48. The van der Waals surface area contributed by atoms with Crippen molar-refractivity contribution >= 4 is 11.9 Å². The van der Waals surface area contributed by atoms with Crippen molar-refractivity contribution in [2.75, 3.05) is 19.7 Å². The molecule has 1 aromatic rings. The van der Waals surface area contributed by atoms with Crippen LogP contribution in [-0.2, 0) is 4.79 Å². The molecule has 0 spiro atoms. The SMILES string of the molecule is CCCCOc1ccc(C(=O)NC2CC(N(CC)CC(=O)O)C2)cc1. The minimum atomic E-state index is -0.810. The van der Waals surface area contributed by atoms with Gasteiger partial charge in [-0.05, 0) is 50.1 Å². The number of unbranched alkanes of at least 4 members (excludes halogenated alkanes) is 1. The van der Waals surface area contributed by atoms with Crippen LogP contribution in [0.25, 0.3) is 0 Å². The van der Waals surface area contributed by atoms with Gasteiger partial charge in [0, 0.05) is 17.6 Å². The Morgan fingerprint density at radius 1 is 1.24 bits per heavy atom. The number of rotatable bonds is 10. The van der Waals surface area contributed by atoms with E-state index in [1.54, 1.807) is 12.1 Å². The molecule has 1 aromatic carbocycles. The largest absolute Gasteiger partial charge is 0.494 e. The van der Waals surface area contributed by atoms with Crippen molar-refractivity contribution in [1.29, 1.82) is 0 Å². The summed E-state index contributed by atoms with van der Waals surface area (Å²) in [5.41, 5.74) is 0.615. The van der Waals surface area contributed by atoms with Crippen molar-refractivity contribution in [2.45, 2.75) is 51.6 Å². The Hall–Kier alpha value is -2.08. The van der Waals surface area contributed by atoms with Gasteiger partial charge in [-0.3, -0.25) is 14.5 Å². The lowest BCUT2D eigenvalue weighted by Crippen LogP contribution is -2.54. The number of ether oxygens (including phenoxy) is 1. The van der Waals surface area contributed by atoms with Gasteiger partial charge in [0.05, 0.1) is 13.2 Å². The predicted molar refractivity (Wildman–Crippen MR) is 96.0 cm³/mol. The zero-order valence-corrected chi connectivity index (χ0v) is 15.0. The number of nitrogens with one attached hydrogen (secondary N) is 1. The zero-order chi connectivity index (χ0) is 18.2. The lowest BCUT2D eigenvalue weighted by molar-refractivity contribution is -0.139. The third-order valence-corrected chi connectivity index (χ3v) is 4.59. The molecule has 2 rings (SSSR count). The average molecular weight is 348 g/mol. The molecule has 6 heteroatoms. The summed E-state index contributed by atoms with van der Waals surface area (Å²) in [7, 11) is 0. The fourth-order valence-corrected chi connectivity index (χ4v) is 2.98. The van der Waals surface area contributed by atoms with Crippen molar-refractivity contribution in [2.24, 2.45) is 0 Å². The topological polar surface area (TPSA) is 78.9 Å². The van der Waals surface area contributed by atoms with Crippen LogP contribution in [0.1, 0.15) is 49.9 Å².